The van der Waals surface area contributed by atoms with E-state index in [0.717, 1.165) is 25.9 Å². The molecule has 0 aromatic heterocycles. The van der Waals surface area contributed by atoms with Crippen molar-refractivity contribution in [1.82, 2.24) is 10.2 Å². The van der Waals surface area contributed by atoms with Gasteiger partial charge >= 0.3 is 0 Å². The first kappa shape index (κ1) is 11.5. The van der Waals surface area contributed by atoms with Crippen molar-refractivity contribution in [3.63, 3.8) is 0 Å². The monoisotopic (exact) mass is 199 g/mol. The quantitative estimate of drug-likeness (QED) is 0.669. The van der Waals surface area contributed by atoms with Gasteiger partial charge in [-0.1, -0.05) is 0 Å². The smallest absolute Gasteiger partial charge is 0.237 e. The summed E-state index contributed by atoms with van der Waals surface area (Å²) in [6.45, 7) is 5.86. The van der Waals surface area contributed by atoms with Gasteiger partial charge in [0.1, 0.15) is 0 Å². The van der Waals surface area contributed by atoms with Crippen molar-refractivity contribution in [3.05, 3.63) is 0 Å². The zero-order chi connectivity index (χ0) is 10.8. The molecule has 0 atom stereocenters. The van der Waals surface area contributed by atoms with E-state index < -0.39 is 5.54 Å². The molecular weight excluding hydrogens is 178 g/mol. The van der Waals surface area contributed by atoms with E-state index in [1.54, 1.807) is 0 Å². The zero-order valence-corrected chi connectivity index (χ0v) is 9.34. The Hall–Kier alpha value is -0.610. The minimum atomic E-state index is -0.583. The molecule has 1 fully saturated rings. The summed E-state index contributed by atoms with van der Waals surface area (Å²) in [5.74, 6) is -0.281. The first-order chi connectivity index (χ1) is 6.42. The lowest BCUT2D eigenvalue weighted by Gasteiger charge is -2.34. The number of amides is 1. The Morgan fingerprint density at radius 1 is 1.43 bits per heavy atom. The second kappa shape index (κ2) is 4.28. The summed E-state index contributed by atoms with van der Waals surface area (Å²) in [4.78, 5) is 13.4. The molecule has 0 radical (unpaired) electrons. The van der Waals surface area contributed by atoms with Crippen molar-refractivity contribution in [2.24, 2.45) is 5.73 Å². The number of nitrogens with one attached hydrogen (secondary N) is 1. The fraction of sp³-hybridized carbons (Fsp3) is 0.900. The molecule has 4 nitrogen and oxygen atoms in total. The summed E-state index contributed by atoms with van der Waals surface area (Å²) in [5, 5.41) is 3.31. The highest BCUT2D eigenvalue weighted by Crippen LogP contribution is 2.12. The van der Waals surface area contributed by atoms with Crippen LogP contribution >= 0.6 is 0 Å². The molecule has 3 N–H and O–H groups in total. The maximum Gasteiger partial charge on any atom is 0.237 e. The van der Waals surface area contributed by atoms with Crippen LogP contribution in [-0.2, 0) is 4.79 Å². The van der Waals surface area contributed by atoms with Crippen LogP contribution in [0.25, 0.3) is 0 Å². The maximum atomic E-state index is 11.1. The van der Waals surface area contributed by atoms with Gasteiger partial charge in [0.2, 0.25) is 5.91 Å². The summed E-state index contributed by atoms with van der Waals surface area (Å²) >= 11 is 0. The van der Waals surface area contributed by atoms with Crippen molar-refractivity contribution < 1.29 is 4.79 Å². The number of nitrogens with zero attached hydrogens (tertiary/aromatic N) is 1. The van der Waals surface area contributed by atoms with Crippen molar-refractivity contribution >= 4 is 5.91 Å². The van der Waals surface area contributed by atoms with Crippen molar-refractivity contribution in [2.45, 2.75) is 38.3 Å². The molecule has 0 spiro atoms. The summed E-state index contributed by atoms with van der Waals surface area (Å²) in [6.07, 6.45) is 2.18. The van der Waals surface area contributed by atoms with Gasteiger partial charge < -0.3 is 16.0 Å². The molecule has 1 rings (SSSR count). The predicted molar refractivity (Wildman–Crippen MR) is 56.9 cm³/mol. The van der Waals surface area contributed by atoms with Crippen molar-refractivity contribution in [2.75, 3.05) is 20.1 Å². The zero-order valence-electron chi connectivity index (χ0n) is 9.34. The number of carbonyl (C=O) groups excluding carboxylic acids is 1. The molecule has 0 aliphatic carbocycles. The Bertz CT molecular complexity index is 207. The Balaban J connectivity index is 2.41. The number of carbonyl (C=O) groups is 1. The van der Waals surface area contributed by atoms with Gasteiger partial charge in [-0.15, -0.1) is 0 Å². The van der Waals surface area contributed by atoms with Gasteiger partial charge in [-0.25, -0.2) is 0 Å². The summed E-state index contributed by atoms with van der Waals surface area (Å²) < 4.78 is 0. The number of hydrogen-bond donors (Lipinski definition) is 2. The summed E-state index contributed by atoms with van der Waals surface area (Å²) in [6, 6.07) is 0.425. The molecule has 4 heteroatoms. The number of hydrogen-bond acceptors (Lipinski definition) is 3. The molecule has 0 aromatic rings. The second-order valence-corrected chi connectivity index (χ2v) is 4.71. The highest BCUT2D eigenvalue weighted by atomic mass is 16.1. The highest BCUT2D eigenvalue weighted by Gasteiger charge is 2.29. The second-order valence-electron chi connectivity index (χ2n) is 4.71. The first-order valence-corrected chi connectivity index (χ1v) is 5.18. The van der Waals surface area contributed by atoms with Crippen LogP contribution in [-0.4, -0.2) is 42.5 Å². The van der Waals surface area contributed by atoms with Gasteiger partial charge in [0.05, 0.1) is 5.54 Å². The first-order valence-electron chi connectivity index (χ1n) is 5.18. The van der Waals surface area contributed by atoms with Crippen LogP contribution in [0.2, 0.25) is 0 Å². The van der Waals surface area contributed by atoms with Crippen molar-refractivity contribution in [3.8, 4) is 0 Å². The number of rotatable bonds is 3. The van der Waals surface area contributed by atoms with E-state index >= 15 is 0 Å². The molecule has 1 heterocycles. The largest absolute Gasteiger partial charge is 0.368 e. The van der Waals surface area contributed by atoms with Crippen LogP contribution < -0.4 is 11.1 Å². The van der Waals surface area contributed by atoms with Crippen LogP contribution in [0, 0.1) is 0 Å². The Morgan fingerprint density at radius 3 is 2.36 bits per heavy atom. The summed E-state index contributed by atoms with van der Waals surface area (Å²) in [5.41, 5.74) is 4.72. The Labute approximate surface area is 85.8 Å². The van der Waals surface area contributed by atoms with Crippen LogP contribution in [0.3, 0.4) is 0 Å². The third kappa shape index (κ3) is 2.96. The van der Waals surface area contributed by atoms with Gasteiger partial charge in [0.15, 0.2) is 0 Å². The van der Waals surface area contributed by atoms with E-state index in [9.17, 15) is 4.79 Å². The average Bonchev–Trinajstić information content (AvgIpc) is 2.08. The minimum absolute atomic E-state index is 0.281. The van der Waals surface area contributed by atoms with Gasteiger partial charge in [-0.3, -0.25) is 4.79 Å². The maximum absolute atomic E-state index is 11.1. The van der Waals surface area contributed by atoms with Gasteiger partial charge in [0, 0.05) is 6.04 Å². The molecule has 1 amide bonds. The summed E-state index contributed by atoms with van der Waals surface area (Å²) in [7, 11) is 2.12. The lowest BCUT2D eigenvalue weighted by molar-refractivity contribution is -0.123. The Morgan fingerprint density at radius 2 is 1.93 bits per heavy atom. The predicted octanol–water partition coefficient (Wildman–Crippen LogP) is -0.0659. The number of nitrogens with two attached hydrogens (primary N) is 1. The van der Waals surface area contributed by atoms with E-state index in [2.05, 4.69) is 17.3 Å². The number of likely N-dealkylation sites (tertiary alicyclic amines) is 1. The molecule has 0 bridgehead atoms. The van der Waals surface area contributed by atoms with E-state index in [4.69, 9.17) is 5.73 Å². The Kier molecular flexibility index (Phi) is 3.50. The van der Waals surface area contributed by atoms with Crippen LogP contribution in [0.15, 0.2) is 0 Å². The number of piperidine rings is 1. The van der Waals surface area contributed by atoms with Gasteiger partial charge in [-0.05, 0) is 46.8 Å². The van der Waals surface area contributed by atoms with Crippen LogP contribution in [0.4, 0.5) is 0 Å². The van der Waals surface area contributed by atoms with Crippen LogP contribution in [0.5, 0.6) is 0 Å². The molecule has 1 aliphatic heterocycles. The van der Waals surface area contributed by atoms with E-state index in [0.29, 0.717) is 6.04 Å². The topological polar surface area (TPSA) is 58.4 Å². The third-order valence-corrected chi connectivity index (χ3v) is 2.90. The van der Waals surface area contributed by atoms with Crippen molar-refractivity contribution in [1.29, 1.82) is 0 Å². The molecule has 14 heavy (non-hydrogen) atoms. The normalized spacial score (nSPS) is 21.1. The number of primary amides is 1. The van der Waals surface area contributed by atoms with E-state index in [1.807, 2.05) is 13.8 Å². The minimum Gasteiger partial charge on any atom is -0.368 e. The lowest BCUT2D eigenvalue weighted by atomic mass is 9.98. The fourth-order valence-corrected chi connectivity index (χ4v) is 1.73. The molecule has 82 valence electrons. The molecule has 1 aliphatic rings. The van der Waals surface area contributed by atoms with Gasteiger partial charge in [0.25, 0.3) is 0 Å². The molecule has 1 saturated heterocycles. The highest BCUT2D eigenvalue weighted by molar-refractivity contribution is 5.83. The van der Waals surface area contributed by atoms with E-state index in [1.165, 1.54) is 0 Å². The van der Waals surface area contributed by atoms with Crippen LogP contribution in [0.1, 0.15) is 26.7 Å². The molecule has 0 aromatic carbocycles. The fourth-order valence-electron chi connectivity index (χ4n) is 1.73. The standard InChI is InChI=1S/C10H21N3O/c1-10(2,9(11)14)12-8-4-6-13(3)7-5-8/h8,12H,4-7H2,1-3H3,(H2,11,14). The molecule has 0 unspecified atom stereocenters. The SMILES string of the molecule is CN1CCC(NC(C)(C)C(N)=O)CC1. The molecular formula is C10H21N3O. The van der Waals surface area contributed by atoms with Gasteiger partial charge in [-0.2, -0.15) is 0 Å². The van der Waals surface area contributed by atoms with E-state index in [-0.39, 0.29) is 5.91 Å². The molecule has 0 saturated carbocycles. The average molecular weight is 199 g/mol. The third-order valence-electron chi connectivity index (χ3n) is 2.90. The lowest BCUT2D eigenvalue weighted by Crippen LogP contribution is -2.56.